The summed E-state index contributed by atoms with van der Waals surface area (Å²) < 4.78 is 16.6. The van der Waals surface area contributed by atoms with Crippen molar-refractivity contribution in [2.75, 3.05) is 26.3 Å². The smallest absolute Gasteiger partial charge is 0.323 e. The average Bonchev–Trinajstić information content (AvgIpc) is 3.03. The summed E-state index contributed by atoms with van der Waals surface area (Å²) in [6.07, 6.45) is 0. The number of anilines is 1. The highest BCUT2D eigenvalue weighted by Crippen LogP contribution is 2.29. The highest BCUT2D eigenvalue weighted by molar-refractivity contribution is 7.22. The minimum Gasteiger partial charge on any atom is -0.497 e. The molecule has 130 valence electrons. The predicted molar refractivity (Wildman–Crippen MR) is 96.8 cm³/mol. The molecule has 1 aromatic heterocycles. The van der Waals surface area contributed by atoms with Gasteiger partial charge in [0, 0.05) is 0 Å². The van der Waals surface area contributed by atoms with E-state index in [4.69, 9.17) is 14.2 Å². The Balaban J connectivity index is 1.51. The zero-order valence-electron chi connectivity index (χ0n) is 13.7. The van der Waals surface area contributed by atoms with Gasteiger partial charge in [-0.05, 0) is 42.5 Å². The Morgan fingerprint density at radius 2 is 1.72 bits per heavy atom. The largest absolute Gasteiger partial charge is 0.497 e. The molecule has 2 amide bonds. The van der Waals surface area contributed by atoms with E-state index in [0.717, 1.165) is 21.7 Å². The molecule has 2 aromatic carbocycles. The Hall–Kier alpha value is -3.00. The standard InChI is InChI=1S/C17H17N3O4S/c1-22-11-3-5-12(6-4-11)24-10-18-16(21)20-17-19-14-8-7-13(23-2)9-15(14)25-17/h3-9H,10H2,1-2H3,(H2,18,19,20,21). The number of amides is 2. The zero-order valence-corrected chi connectivity index (χ0v) is 14.6. The molecule has 0 spiro atoms. The number of rotatable bonds is 6. The van der Waals surface area contributed by atoms with E-state index in [9.17, 15) is 4.79 Å². The van der Waals surface area contributed by atoms with Gasteiger partial charge < -0.3 is 19.5 Å². The number of thiazole rings is 1. The number of urea groups is 1. The third-order valence-corrected chi connectivity index (χ3v) is 4.28. The van der Waals surface area contributed by atoms with Crippen LogP contribution in [0.15, 0.2) is 42.5 Å². The Labute approximate surface area is 148 Å². The van der Waals surface area contributed by atoms with Crippen molar-refractivity contribution in [3.8, 4) is 17.2 Å². The lowest BCUT2D eigenvalue weighted by Gasteiger charge is -2.08. The van der Waals surface area contributed by atoms with Crippen LogP contribution in [0.25, 0.3) is 10.2 Å². The number of methoxy groups -OCH3 is 2. The third kappa shape index (κ3) is 4.30. The van der Waals surface area contributed by atoms with Crippen LogP contribution < -0.4 is 24.8 Å². The van der Waals surface area contributed by atoms with Gasteiger partial charge in [-0.1, -0.05) is 11.3 Å². The van der Waals surface area contributed by atoms with Gasteiger partial charge in [0.15, 0.2) is 11.9 Å². The van der Waals surface area contributed by atoms with E-state index in [1.807, 2.05) is 18.2 Å². The first-order valence-electron chi connectivity index (χ1n) is 7.44. The van der Waals surface area contributed by atoms with Gasteiger partial charge in [-0.3, -0.25) is 5.32 Å². The molecule has 0 saturated carbocycles. The molecule has 0 aliphatic rings. The van der Waals surface area contributed by atoms with Gasteiger partial charge in [0.2, 0.25) is 0 Å². The fourth-order valence-corrected chi connectivity index (χ4v) is 2.97. The van der Waals surface area contributed by atoms with Crippen molar-refractivity contribution in [3.63, 3.8) is 0 Å². The molecule has 0 unspecified atom stereocenters. The molecule has 1 heterocycles. The molecule has 0 aliphatic heterocycles. The number of hydrogen-bond acceptors (Lipinski definition) is 6. The molecule has 0 atom stereocenters. The highest BCUT2D eigenvalue weighted by Gasteiger charge is 2.08. The van der Waals surface area contributed by atoms with Crippen molar-refractivity contribution < 1.29 is 19.0 Å². The SMILES string of the molecule is COc1ccc(OCNC(=O)Nc2nc3ccc(OC)cc3s2)cc1. The number of carbonyl (C=O) groups is 1. The van der Waals surface area contributed by atoms with E-state index in [2.05, 4.69) is 15.6 Å². The predicted octanol–water partition coefficient (Wildman–Crippen LogP) is 3.47. The number of carbonyl (C=O) groups excluding carboxylic acids is 1. The molecule has 8 heteroatoms. The minimum atomic E-state index is -0.389. The molecule has 2 N–H and O–H groups in total. The normalized spacial score (nSPS) is 10.3. The molecule has 0 saturated heterocycles. The first-order valence-corrected chi connectivity index (χ1v) is 8.26. The van der Waals surface area contributed by atoms with E-state index in [-0.39, 0.29) is 12.8 Å². The van der Waals surface area contributed by atoms with Crippen molar-refractivity contribution in [2.24, 2.45) is 0 Å². The first kappa shape index (κ1) is 16.8. The Bertz CT molecular complexity index is 864. The van der Waals surface area contributed by atoms with Gasteiger partial charge in [-0.25, -0.2) is 9.78 Å². The van der Waals surface area contributed by atoms with Crippen LogP contribution in [0.5, 0.6) is 17.2 Å². The zero-order chi connectivity index (χ0) is 17.6. The number of benzene rings is 2. The molecule has 3 aromatic rings. The lowest BCUT2D eigenvalue weighted by molar-refractivity contribution is 0.234. The average molecular weight is 359 g/mol. The van der Waals surface area contributed by atoms with Crippen molar-refractivity contribution >= 4 is 32.7 Å². The van der Waals surface area contributed by atoms with Crippen LogP contribution in [0.3, 0.4) is 0 Å². The second-order valence-electron chi connectivity index (χ2n) is 4.95. The van der Waals surface area contributed by atoms with Crippen LogP contribution in [-0.4, -0.2) is 32.0 Å². The summed E-state index contributed by atoms with van der Waals surface area (Å²) >= 11 is 1.37. The van der Waals surface area contributed by atoms with Crippen LogP contribution in [0, 0.1) is 0 Å². The molecule has 0 radical (unpaired) electrons. The summed E-state index contributed by atoms with van der Waals surface area (Å²) in [7, 11) is 3.21. The van der Waals surface area contributed by atoms with Gasteiger partial charge in [-0.15, -0.1) is 0 Å². The molecule has 3 rings (SSSR count). The molecule has 25 heavy (non-hydrogen) atoms. The summed E-state index contributed by atoms with van der Waals surface area (Å²) in [6, 6.07) is 12.3. The van der Waals surface area contributed by atoms with Gasteiger partial charge in [0.05, 0.1) is 24.4 Å². The molecular weight excluding hydrogens is 342 g/mol. The van der Waals surface area contributed by atoms with Crippen LogP contribution in [-0.2, 0) is 0 Å². The topological polar surface area (TPSA) is 81.7 Å². The van der Waals surface area contributed by atoms with Gasteiger partial charge >= 0.3 is 6.03 Å². The quantitative estimate of drug-likeness (QED) is 0.659. The van der Waals surface area contributed by atoms with E-state index >= 15 is 0 Å². The fraction of sp³-hybridized carbons (Fsp3) is 0.176. The molecular formula is C17H17N3O4S. The second-order valence-corrected chi connectivity index (χ2v) is 5.98. The number of aromatic nitrogens is 1. The number of hydrogen-bond donors (Lipinski definition) is 2. The van der Waals surface area contributed by atoms with E-state index in [0.29, 0.717) is 10.9 Å². The maximum absolute atomic E-state index is 11.9. The maximum atomic E-state index is 11.9. The van der Waals surface area contributed by atoms with Crippen molar-refractivity contribution in [3.05, 3.63) is 42.5 Å². The van der Waals surface area contributed by atoms with Crippen LogP contribution in [0.2, 0.25) is 0 Å². The number of fused-ring (bicyclic) bond motifs is 1. The summed E-state index contributed by atoms with van der Waals surface area (Å²) in [6.45, 7) is 0.0386. The lowest BCUT2D eigenvalue weighted by Crippen LogP contribution is -2.31. The van der Waals surface area contributed by atoms with Crippen LogP contribution >= 0.6 is 11.3 Å². The molecule has 0 fully saturated rings. The lowest BCUT2D eigenvalue weighted by atomic mass is 10.3. The third-order valence-electron chi connectivity index (χ3n) is 3.35. The van der Waals surface area contributed by atoms with Crippen molar-refractivity contribution in [1.82, 2.24) is 10.3 Å². The monoisotopic (exact) mass is 359 g/mol. The molecule has 0 bridgehead atoms. The maximum Gasteiger partial charge on any atom is 0.323 e. The Kier molecular flexibility index (Phi) is 5.20. The van der Waals surface area contributed by atoms with E-state index in [1.54, 1.807) is 38.5 Å². The van der Waals surface area contributed by atoms with Crippen molar-refractivity contribution in [1.29, 1.82) is 0 Å². The summed E-state index contributed by atoms with van der Waals surface area (Å²) in [5.41, 5.74) is 0.801. The first-order chi connectivity index (χ1) is 12.2. The minimum absolute atomic E-state index is 0.0386. The van der Waals surface area contributed by atoms with E-state index < -0.39 is 0 Å². The van der Waals surface area contributed by atoms with Gasteiger partial charge in [0.1, 0.15) is 17.2 Å². The van der Waals surface area contributed by atoms with E-state index in [1.165, 1.54) is 11.3 Å². The van der Waals surface area contributed by atoms with Gasteiger partial charge in [-0.2, -0.15) is 0 Å². The number of ether oxygens (including phenoxy) is 3. The summed E-state index contributed by atoms with van der Waals surface area (Å²) in [4.78, 5) is 16.3. The van der Waals surface area contributed by atoms with Crippen LogP contribution in [0.1, 0.15) is 0 Å². The molecule has 0 aliphatic carbocycles. The van der Waals surface area contributed by atoms with Crippen molar-refractivity contribution in [2.45, 2.75) is 0 Å². The van der Waals surface area contributed by atoms with Gasteiger partial charge in [0.25, 0.3) is 0 Å². The Morgan fingerprint density at radius 1 is 1.04 bits per heavy atom. The number of nitrogens with zero attached hydrogens (tertiary/aromatic N) is 1. The van der Waals surface area contributed by atoms with Crippen LogP contribution in [0.4, 0.5) is 9.93 Å². The summed E-state index contributed by atoms with van der Waals surface area (Å²) in [5.74, 6) is 2.12. The number of nitrogens with one attached hydrogen (secondary N) is 2. The Morgan fingerprint density at radius 3 is 2.44 bits per heavy atom. The second kappa shape index (κ2) is 7.71. The molecule has 7 nitrogen and oxygen atoms in total. The summed E-state index contributed by atoms with van der Waals surface area (Å²) in [5, 5.41) is 5.81. The highest BCUT2D eigenvalue weighted by atomic mass is 32.1. The fourth-order valence-electron chi connectivity index (χ4n) is 2.08.